The summed E-state index contributed by atoms with van der Waals surface area (Å²) in [5, 5.41) is 20.8. The number of hydrogen-bond acceptors (Lipinski definition) is 3. The SMILES string of the molecule is NC(=O)c1c[nH]c2ccc(-c3ccc(-c4c(O)cccc4O)cc3)cc12. The molecule has 1 aromatic heterocycles. The van der Waals surface area contributed by atoms with Crippen LogP contribution < -0.4 is 5.73 Å². The van der Waals surface area contributed by atoms with E-state index in [1.54, 1.807) is 12.3 Å². The number of aromatic hydroxyl groups is 2. The molecule has 1 heterocycles. The molecule has 0 spiro atoms. The van der Waals surface area contributed by atoms with Gasteiger partial charge in [0.1, 0.15) is 11.5 Å². The van der Waals surface area contributed by atoms with Gasteiger partial charge in [0, 0.05) is 17.1 Å². The zero-order valence-electron chi connectivity index (χ0n) is 13.7. The number of fused-ring (bicyclic) bond motifs is 1. The first-order valence-corrected chi connectivity index (χ1v) is 8.07. The fraction of sp³-hybridized carbons (Fsp3) is 0. The summed E-state index contributed by atoms with van der Waals surface area (Å²) in [4.78, 5) is 14.6. The molecule has 5 nitrogen and oxygen atoms in total. The molecule has 5 heteroatoms. The molecule has 26 heavy (non-hydrogen) atoms. The minimum atomic E-state index is -0.473. The van der Waals surface area contributed by atoms with Crippen LogP contribution in [-0.4, -0.2) is 21.1 Å². The first kappa shape index (κ1) is 15.8. The Kier molecular flexibility index (Phi) is 3.62. The number of carbonyl (C=O) groups excluding carboxylic acids is 1. The number of benzene rings is 3. The highest BCUT2D eigenvalue weighted by Crippen LogP contribution is 2.37. The lowest BCUT2D eigenvalue weighted by molar-refractivity contribution is 0.100. The standard InChI is InChI=1S/C21H16N2O3/c22-21(26)16-11-23-17-9-8-14(10-15(16)17)12-4-6-13(7-5-12)20-18(24)2-1-3-19(20)25/h1-11,23-25H,(H2,22,26). The fourth-order valence-electron chi connectivity index (χ4n) is 3.16. The summed E-state index contributed by atoms with van der Waals surface area (Å²) in [7, 11) is 0. The van der Waals surface area contributed by atoms with Crippen molar-refractivity contribution in [2.24, 2.45) is 5.73 Å². The number of carbonyl (C=O) groups is 1. The molecule has 0 aliphatic rings. The summed E-state index contributed by atoms with van der Waals surface area (Å²) >= 11 is 0. The van der Waals surface area contributed by atoms with Gasteiger partial charge in [-0.05, 0) is 41.0 Å². The maximum atomic E-state index is 11.5. The number of nitrogens with one attached hydrogen (secondary N) is 1. The first-order chi connectivity index (χ1) is 12.5. The van der Waals surface area contributed by atoms with Gasteiger partial charge in [-0.2, -0.15) is 0 Å². The Hall–Kier alpha value is -3.73. The summed E-state index contributed by atoms with van der Waals surface area (Å²) < 4.78 is 0. The van der Waals surface area contributed by atoms with Gasteiger partial charge in [-0.15, -0.1) is 0 Å². The molecule has 0 unspecified atom stereocenters. The number of rotatable bonds is 3. The number of hydrogen-bond donors (Lipinski definition) is 4. The summed E-state index contributed by atoms with van der Waals surface area (Å²) in [6.07, 6.45) is 1.61. The van der Waals surface area contributed by atoms with Crippen molar-refractivity contribution in [2.45, 2.75) is 0 Å². The lowest BCUT2D eigenvalue weighted by atomic mass is 9.98. The number of nitrogens with two attached hydrogens (primary N) is 1. The van der Waals surface area contributed by atoms with E-state index in [9.17, 15) is 15.0 Å². The second-order valence-electron chi connectivity index (χ2n) is 6.08. The molecule has 0 saturated heterocycles. The van der Waals surface area contributed by atoms with E-state index in [0.717, 1.165) is 22.0 Å². The van der Waals surface area contributed by atoms with Gasteiger partial charge in [-0.3, -0.25) is 4.79 Å². The van der Waals surface area contributed by atoms with Crippen molar-refractivity contribution in [3.05, 3.63) is 72.4 Å². The summed E-state index contributed by atoms with van der Waals surface area (Å²) in [5.41, 5.74) is 9.72. The molecule has 0 fully saturated rings. The Morgan fingerprint density at radius 3 is 2.12 bits per heavy atom. The zero-order valence-corrected chi connectivity index (χ0v) is 13.7. The van der Waals surface area contributed by atoms with Crippen molar-refractivity contribution in [2.75, 3.05) is 0 Å². The van der Waals surface area contributed by atoms with E-state index in [1.807, 2.05) is 42.5 Å². The Bertz CT molecular complexity index is 1110. The van der Waals surface area contributed by atoms with Crippen LogP contribution in [0.25, 0.3) is 33.2 Å². The molecule has 3 aromatic carbocycles. The van der Waals surface area contributed by atoms with E-state index in [-0.39, 0.29) is 11.5 Å². The quantitative estimate of drug-likeness (QED) is 0.452. The third kappa shape index (κ3) is 2.56. The molecule has 0 aliphatic carbocycles. The second kappa shape index (κ2) is 5.97. The van der Waals surface area contributed by atoms with E-state index in [4.69, 9.17) is 5.73 Å². The zero-order chi connectivity index (χ0) is 18.3. The highest BCUT2D eigenvalue weighted by molar-refractivity contribution is 6.06. The second-order valence-corrected chi connectivity index (χ2v) is 6.08. The number of amides is 1. The third-order valence-electron chi connectivity index (χ3n) is 4.47. The van der Waals surface area contributed by atoms with E-state index in [1.165, 1.54) is 12.1 Å². The molecule has 4 rings (SSSR count). The molecule has 4 aromatic rings. The van der Waals surface area contributed by atoms with Crippen molar-refractivity contribution in [3.63, 3.8) is 0 Å². The average molecular weight is 344 g/mol. The summed E-state index contributed by atoms with van der Waals surface area (Å²) in [6, 6.07) is 17.9. The maximum Gasteiger partial charge on any atom is 0.250 e. The molecular weight excluding hydrogens is 328 g/mol. The van der Waals surface area contributed by atoms with Crippen molar-refractivity contribution < 1.29 is 15.0 Å². The summed E-state index contributed by atoms with van der Waals surface area (Å²) in [6.45, 7) is 0. The largest absolute Gasteiger partial charge is 0.507 e. The Morgan fingerprint density at radius 1 is 0.846 bits per heavy atom. The van der Waals surface area contributed by atoms with Gasteiger partial charge in [0.05, 0.1) is 11.1 Å². The van der Waals surface area contributed by atoms with Crippen molar-refractivity contribution in [1.29, 1.82) is 0 Å². The van der Waals surface area contributed by atoms with Crippen molar-refractivity contribution >= 4 is 16.8 Å². The van der Waals surface area contributed by atoms with Gasteiger partial charge in [0.15, 0.2) is 0 Å². The van der Waals surface area contributed by atoms with Gasteiger partial charge >= 0.3 is 0 Å². The van der Waals surface area contributed by atoms with Crippen LogP contribution in [0.15, 0.2) is 66.9 Å². The van der Waals surface area contributed by atoms with Crippen LogP contribution in [-0.2, 0) is 0 Å². The van der Waals surface area contributed by atoms with Crippen LogP contribution in [0, 0.1) is 0 Å². The molecule has 5 N–H and O–H groups in total. The predicted octanol–water partition coefficient (Wildman–Crippen LogP) is 4.01. The van der Waals surface area contributed by atoms with Gasteiger partial charge < -0.3 is 20.9 Å². The van der Waals surface area contributed by atoms with Crippen LogP contribution >= 0.6 is 0 Å². The minimum absolute atomic E-state index is 0.0255. The molecular formula is C21H16N2O3. The van der Waals surface area contributed by atoms with Crippen LogP contribution in [0.2, 0.25) is 0 Å². The monoisotopic (exact) mass is 344 g/mol. The summed E-state index contributed by atoms with van der Waals surface area (Å²) in [5.74, 6) is -0.422. The maximum absolute atomic E-state index is 11.5. The molecule has 128 valence electrons. The highest BCUT2D eigenvalue weighted by Gasteiger charge is 2.12. The van der Waals surface area contributed by atoms with Crippen LogP contribution in [0.3, 0.4) is 0 Å². The Labute approximate surface area is 149 Å². The number of H-pyrrole nitrogens is 1. The lowest BCUT2D eigenvalue weighted by Crippen LogP contribution is -2.09. The van der Waals surface area contributed by atoms with Gasteiger partial charge in [-0.25, -0.2) is 0 Å². The smallest absolute Gasteiger partial charge is 0.250 e. The van der Waals surface area contributed by atoms with E-state index in [0.29, 0.717) is 16.7 Å². The van der Waals surface area contributed by atoms with Crippen LogP contribution in [0.5, 0.6) is 11.5 Å². The number of aromatic nitrogens is 1. The first-order valence-electron chi connectivity index (χ1n) is 8.07. The fourth-order valence-corrected chi connectivity index (χ4v) is 3.16. The van der Waals surface area contributed by atoms with Crippen LogP contribution in [0.1, 0.15) is 10.4 Å². The molecule has 0 saturated carbocycles. The molecule has 1 amide bonds. The Balaban J connectivity index is 1.76. The molecule has 0 radical (unpaired) electrons. The molecule has 0 bridgehead atoms. The lowest BCUT2D eigenvalue weighted by Gasteiger charge is -2.09. The average Bonchev–Trinajstić information content (AvgIpc) is 3.05. The van der Waals surface area contributed by atoms with Crippen molar-refractivity contribution in [3.8, 4) is 33.8 Å². The van der Waals surface area contributed by atoms with E-state index >= 15 is 0 Å². The van der Waals surface area contributed by atoms with Crippen molar-refractivity contribution in [1.82, 2.24) is 4.98 Å². The van der Waals surface area contributed by atoms with Gasteiger partial charge in [0.25, 0.3) is 5.91 Å². The predicted molar refractivity (Wildman–Crippen MR) is 101 cm³/mol. The number of primary amides is 1. The van der Waals surface area contributed by atoms with Gasteiger partial charge in [-0.1, -0.05) is 36.4 Å². The van der Waals surface area contributed by atoms with E-state index < -0.39 is 5.91 Å². The topological polar surface area (TPSA) is 99.3 Å². The number of phenols is 2. The third-order valence-corrected chi connectivity index (χ3v) is 4.47. The Morgan fingerprint density at radius 2 is 1.46 bits per heavy atom. The molecule has 0 aliphatic heterocycles. The van der Waals surface area contributed by atoms with Gasteiger partial charge in [0.2, 0.25) is 0 Å². The minimum Gasteiger partial charge on any atom is -0.507 e. The van der Waals surface area contributed by atoms with Crippen LogP contribution in [0.4, 0.5) is 0 Å². The highest BCUT2D eigenvalue weighted by atomic mass is 16.3. The normalized spacial score (nSPS) is 10.9. The number of phenolic OH excluding ortho intramolecular Hbond substituents is 2. The molecule has 0 atom stereocenters. The number of aromatic amines is 1. The van der Waals surface area contributed by atoms with E-state index in [2.05, 4.69) is 4.98 Å².